The molecule has 0 unspecified atom stereocenters. The number of carbonyl (C=O) groups excluding carboxylic acids is 1. The first-order valence-corrected chi connectivity index (χ1v) is 11.2. The first-order valence-electron chi connectivity index (χ1n) is 8.57. The van der Waals surface area contributed by atoms with Crippen LogP contribution in [0.1, 0.15) is 15.4 Å². The first kappa shape index (κ1) is 19.0. The topological polar surface area (TPSA) is 80.7 Å². The molecule has 0 aliphatic rings. The number of hydrogen-bond donors (Lipinski definition) is 1. The number of hydrogen-bond acceptors (Lipinski definition) is 8. The lowest BCUT2D eigenvalue weighted by Crippen LogP contribution is -2.24. The molecule has 0 atom stereocenters. The summed E-state index contributed by atoms with van der Waals surface area (Å²) in [5.41, 5.74) is 3.11. The van der Waals surface area contributed by atoms with Gasteiger partial charge in [0.25, 0.3) is 0 Å². The normalized spacial score (nSPS) is 11.1. The minimum Gasteiger partial charge on any atom is -0.349 e. The van der Waals surface area contributed by atoms with Crippen LogP contribution in [-0.2, 0) is 11.3 Å². The average Bonchev–Trinajstić information content (AvgIpc) is 3.30. The summed E-state index contributed by atoms with van der Waals surface area (Å²) in [4.78, 5) is 31.8. The van der Waals surface area contributed by atoms with Crippen molar-refractivity contribution in [2.24, 2.45) is 0 Å². The van der Waals surface area contributed by atoms with Crippen LogP contribution in [0.2, 0.25) is 0 Å². The lowest BCUT2D eigenvalue weighted by molar-refractivity contribution is -0.118. The number of amides is 1. The SMILES string of the molecule is Cc1sc2ncnc(SCC(=O)NCc3nc(-c4ccncc4)cs3)c2c1C. The number of fused-ring (bicyclic) bond motifs is 1. The van der Waals surface area contributed by atoms with E-state index >= 15 is 0 Å². The summed E-state index contributed by atoms with van der Waals surface area (Å²) in [5.74, 6) is 0.269. The Bertz CT molecular complexity index is 1120. The second kappa shape index (κ2) is 8.34. The summed E-state index contributed by atoms with van der Waals surface area (Å²) in [6.45, 7) is 4.58. The van der Waals surface area contributed by atoms with Gasteiger partial charge in [0.2, 0.25) is 5.91 Å². The molecule has 0 radical (unpaired) electrons. The fourth-order valence-electron chi connectivity index (χ4n) is 2.67. The Hall–Kier alpha value is -2.36. The van der Waals surface area contributed by atoms with E-state index in [1.165, 1.54) is 33.5 Å². The van der Waals surface area contributed by atoms with Gasteiger partial charge < -0.3 is 5.32 Å². The van der Waals surface area contributed by atoms with Crippen LogP contribution in [0, 0.1) is 13.8 Å². The largest absolute Gasteiger partial charge is 0.349 e. The number of rotatable bonds is 6. The quantitative estimate of drug-likeness (QED) is 0.366. The lowest BCUT2D eigenvalue weighted by atomic mass is 10.2. The molecule has 28 heavy (non-hydrogen) atoms. The van der Waals surface area contributed by atoms with E-state index in [-0.39, 0.29) is 5.91 Å². The number of aryl methyl sites for hydroxylation is 2. The number of thiophene rings is 1. The fourth-order valence-corrected chi connectivity index (χ4v) is 5.36. The highest BCUT2D eigenvalue weighted by molar-refractivity contribution is 8.00. The molecule has 1 amide bonds. The highest BCUT2D eigenvalue weighted by Gasteiger charge is 2.14. The smallest absolute Gasteiger partial charge is 0.230 e. The van der Waals surface area contributed by atoms with E-state index in [0.29, 0.717) is 12.3 Å². The Balaban J connectivity index is 1.35. The first-order chi connectivity index (χ1) is 13.6. The van der Waals surface area contributed by atoms with Crippen molar-refractivity contribution in [2.45, 2.75) is 25.4 Å². The number of pyridine rings is 1. The molecule has 0 saturated carbocycles. The van der Waals surface area contributed by atoms with E-state index in [1.807, 2.05) is 17.5 Å². The van der Waals surface area contributed by atoms with Crippen molar-refractivity contribution >= 4 is 50.6 Å². The predicted octanol–water partition coefficient (Wildman–Crippen LogP) is 4.24. The van der Waals surface area contributed by atoms with Crippen LogP contribution >= 0.6 is 34.4 Å². The van der Waals surface area contributed by atoms with E-state index < -0.39 is 0 Å². The summed E-state index contributed by atoms with van der Waals surface area (Å²) < 4.78 is 0. The summed E-state index contributed by atoms with van der Waals surface area (Å²) >= 11 is 4.64. The Morgan fingerprint density at radius 3 is 2.86 bits per heavy atom. The monoisotopic (exact) mass is 427 g/mol. The minimum atomic E-state index is -0.0398. The maximum atomic E-state index is 12.3. The molecule has 0 aliphatic heterocycles. The lowest BCUT2D eigenvalue weighted by Gasteiger charge is -2.04. The third-order valence-corrected chi connectivity index (χ3v) is 7.19. The molecule has 0 spiro atoms. The van der Waals surface area contributed by atoms with Crippen LogP contribution in [0.15, 0.2) is 41.3 Å². The number of carbonyl (C=O) groups is 1. The maximum absolute atomic E-state index is 12.3. The van der Waals surface area contributed by atoms with Crippen LogP contribution < -0.4 is 5.32 Å². The van der Waals surface area contributed by atoms with Gasteiger partial charge in [0.15, 0.2) is 0 Å². The molecule has 4 aromatic rings. The van der Waals surface area contributed by atoms with Crippen LogP contribution in [0.3, 0.4) is 0 Å². The molecule has 6 nitrogen and oxygen atoms in total. The highest BCUT2D eigenvalue weighted by Crippen LogP contribution is 2.34. The van der Waals surface area contributed by atoms with Gasteiger partial charge in [-0.15, -0.1) is 22.7 Å². The molecule has 142 valence electrons. The zero-order valence-corrected chi connectivity index (χ0v) is 17.7. The molecule has 4 aromatic heterocycles. The van der Waals surface area contributed by atoms with Gasteiger partial charge in [-0.05, 0) is 31.5 Å². The van der Waals surface area contributed by atoms with Crippen molar-refractivity contribution in [3.05, 3.63) is 51.7 Å². The van der Waals surface area contributed by atoms with Gasteiger partial charge in [0.1, 0.15) is 21.2 Å². The number of nitrogens with zero attached hydrogens (tertiary/aromatic N) is 4. The third kappa shape index (κ3) is 4.06. The van der Waals surface area contributed by atoms with Crippen LogP contribution in [0.5, 0.6) is 0 Å². The number of nitrogens with one attached hydrogen (secondary N) is 1. The summed E-state index contributed by atoms with van der Waals surface area (Å²) in [7, 11) is 0. The Labute approximate surface area is 174 Å². The number of thiazole rings is 1. The fraction of sp³-hybridized carbons (Fsp3) is 0.211. The number of thioether (sulfide) groups is 1. The third-order valence-electron chi connectivity index (χ3n) is 4.24. The molecule has 9 heteroatoms. The van der Waals surface area contributed by atoms with Gasteiger partial charge >= 0.3 is 0 Å². The van der Waals surface area contributed by atoms with E-state index in [4.69, 9.17) is 0 Å². The van der Waals surface area contributed by atoms with Gasteiger partial charge in [-0.2, -0.15) is 0 Å². The Morgan fingerprint density at radius 1 is 1.21 bits per heavy atom. The van der Waals surface area contributed by atoms with Gasteiger partial charge in [0, 0.05) is 33.6 Å². The van der Waals surface area contributed by atoms with Crippen molar-refractivity contribution in [1.29, 1.82) is 0 Å². The second-order valence-corrected chi connectivity index (χ2v) is 9.18. The zero-order valence-electron chi connectivity index (χ0n) is 15.3. The summed E-state index contributed by atoms with van der Waals surface area (Å²) in [6, 6.07) is 3.84. The van der Waals surface area contributed by atoms with E-state index in [1.54, 1.807) is 30.1 Å². The van der Waals surface area contributed by atoms with Crippen molar-refractivity contribution in [3.8, 4) is 11.3 Å². The Morgan fingerprint density at radius 2 is 2.04 bits per heavy atom. The molecule has 1 N–H and O–H groups in total. The van der Waals surface area contributed by atoms with Gasteiger partial charge in [-0.3, -0.25) is 9.78 Å². The predicted molar refractivity (Wildman–Crippen MR) is 115 cm³/mol. The second-order valence-electron chi connectivity index (χ2n) is 6.07. The van der Waals surface area contributed by atoms with Gasteiger partial charge in [-0.1, -0.05) is 11.8 Å². The Kier molecular flexibility index (Phi) is 5.65. The average molecular weight is 428 g/mol. The van der Waals surface area contributed by atoms with Crippen LogP contribution in [-0.4, -0.2) is 31.6 Å². The molecule has 4 heterocycles. The van der Waals surface area contributed by atoms with Crippen molar-refractivity contribution in [1.82, 2.24) is 25.3 Å². The van der Waals surface area contributed by atoms with Gasteiger partial charge in [0.05, 0.1) is 18.0 Å². The molecule has 0 saturated heterocycles. The van der Waals surface area contributed by atoms with E-state index in [0.717, 1.165) is 31.5 Å². The highest BCUT2D eigenvalue weighted by atomic mass is 32.2. The van der Waals surface area contributed by atoms with Crippen molar-refractivity contribution in [3.63, 3.8) is 0 Å². The zero-order chi connectivity index (χ0) is 19.5. The molecule has 0 aromatic carbocycles. The molecular weight excluding hydrogens is 410 g/mol. The molecular formula is C19H17N5OS3. The van der Waals surface area contributed by atoms with Crippen molar-refractivity contribution < 1.29 is 4.79 Å². The van der Waals surface area contributed by atoms with E-state index in [9.17, 15) is 4.79 Å². The van der Waals surface area contributed by atoms with Crippen LogP contribution in [0.4, 0.5) is 0 Å². The minimum absolute atomic E-state index is 0.0398. The molecule has 0 aliphatic carbocycles. The van der Waals surface area contributed by atoms with E-state index in [2.05, 4.69) is 39.1 Å². The van der Waals surface area contributed by atoms with Crippen molar-refractivity contribution in [2.75, 3.05) is 5.75 Å². The maximum Gasteiger partial charge on any atom is 0.230 e. The number of aromatic nitrogens is 4. The molecule has 4 rings (SSSR count). The molecule has 0 bridgehead atoms. The summed E-state index contributed by atoms with van der Waals surface area (Å²) in [6.07, 6.45) is 5.05. The van der Waals surface area contributed by atoms with Gasteiger partial charge in [-0.25, -0.2) is 15.0 Å². The van der Waals surface area contributed by atoms with Crippen LogP contribution in [0.25, 0.3) is 21.5 Å². The molecule has 0 fully saturated rings. The summed E-state index contributed by atoms with van der Waals surface area (Å²) in [5, 5.41) is 7.72. The standard InChI is InChI=1S/C19H17N5OS3/c1-11-12(2)28-19-17(11)18(22-10-23-19)27-9-15(25)21-7-16-24-14(8-26-16)13-3-5-20-6-4-13/h3-6,8,10H,7,9H2,1-2H3,(H,21,25).